The zero-order chi connectivity index (χ0) is 7.23. The summed E-state index contributed by atoms with van der Waals surface area (Å²) in [5, 5.41) is 0. The highest BCUT2D eigenvalue weighted by molar-refractivity contribution is 6.19. The minimum absolute atomic E-state index is 0. The molecule has 0 bridgehead atoms. The predicted octanol–water partition coefficient (Wildman–Crippen LogP) is 2.76. The molecule has 60 valence electrons. The Balaban J connectivity index is 0.000001000. The highest BCUT2D eigenvalue weighted by atomic mass is 35.5. The lowest BCUT2D eigenvalue weighted by Gasteiger charge is -1.87. The zero-order valence-corrected chi connectivity index (χ0v) is 7.48. The van der Waals surface area contributed by atoms with Gasteiger partial charge in [0, 0.05) is 12.1 Å². The van der Waals surface area contributed by atoms with Crippen molar-refractivity contribution in [3.8, 4) is 0 Å². The van der Waals surface area contributed by atoms with Crippen molar-refractivity contribution in [3.63, 3.8) is 0 Å². The summed E-state index contributed by atoms with van der Waals surface area (Å²) >= 11 is 5.44. The molecule has 11 heavy (non-hydrogen) atoms. The SMILES string of the molecule is Cl.ClCC=Cc1ccccn1. The second kappa shape index (κ2) is 6.20. The fourth-order valence-corrected chi connectivity index (χ4v) is 0.729. The highest BCUT2D eigenvalue weighted by Gasteiger charge is 1.80. The maximum Gasteiger partial charge on any atom is 0.0626 e. The van der Waals surface area contributed by atoms with Gasteiger partial charge < -0.3 is 0 Å². The van der Waals surface area contributed by atoms with Crippen molar-refractivity contribution in [3.05, 3.63) is 36.2 Å². The number of pyridine rings is 1. The third-order valence-corrected chi connectivity index (χ3v) is 1.24. The van der Waals surface area contributed by atoms with Crippen LogP contribution in [0.3, 0.4) is 0 Å². The van der Waals surface area contributed by atoms with Gasteiger partial charge in [0.25, 0.3) is 0 Å². The maximum absolute atomic E-state index is 5.44. The van der Waals surface area contributed by atoms with Crippen LogP contribution in [0.25, 0.3) is 6.08 Å². The van der Waals surface area contributed by atoms with Crippen molar-refractivity contribution in [2.45, 2.75) is 0 Å². The van der Waals surface area contributed by atoms with Gasteiger partial charge in [-0.25, -0.2) is 0 Å². The van der Waals surface area contributed by atoms with E-state index < -0.39 is 0 Å². The van der Waals surface area contributed by atoms with Gasteiger partial charge in [-0.2, -0.15) is 0 Å². The van der Waals surface area contributed by atoms with Crippen molar-refractivity contribution < 1.29 is 0 Å². The van der Waals surface area contributed by atoms with Crippen molar-refractivity contribution in [2.24, 2.45) is 0 Å². The van der Waals surface area contributed by atoms with Gasteiger partial charge in [0.2, 0.25) is 0 Å². The van der Waals surface area contributed by atoms with Gasteiger partial charge in [-0.3, -0.25) is 4.98 Å². The Morgan fingerprint density at radius 2 is 2.27 bits per heavy atom. The number of alkyl halides is 1. The Morgan fingerprint density at radius 1 is 1.45 bits per heavy atom. The molecule has 0 saturated heterocycles. The molecule has 0 amide bonds. The summed E-state index contributed by atoms with van der Waals surface area (Å²) in [7, 11) is 0. The Hall–Kier alpha value is -0.530. The van der Waals surface area contributed by atoms with E-state index in [1.54, 1.807) is 6.20 Å². The van der Waals surface area contributed by atoms with Gasteiger partial charge in [0.1, 0.15) is 0 Å². The number of hydrogen-bond donors (Lipinski definition) is 0. The molecule has 0 radical (unpaired) electrons. The average molecular weight is 190 g/mol. The average Bonchev–Trinajstić information content (AvgIpc) is 2.03. The molecule has 0 aromatic carbocycles. The van der Waals surface area contributed by atoms with Crippen LogP contribution in [0.2, 0.25) is 0 Å². The molecule has 1 rings (SSSR count). The number of allylic oxidation sites excluding steroid dienone is 1. The molecule has 1 nitrogen and oxygen atoms in total. The van der Waals surface area contributed by atoms with Crippen LogP contribution in [0.5, 0.6) is 0 Å². The molecule has 1 aromatic rings. The van der Waals surface area contributed by atoms with Crippen molar-refractivity contribution in [1.82, 2.24) is 4.98 Å². The number of nitrogens with zero attached hydrogens (tertiary/aromatic N) is 1. The molecule has 0 unspecified atom stereocenters. The van der Waals surface area contributed by atoms with Crippen LogP contribution in [-0.2, 0) is 0 Å². The molecule has 0 spiro atoms. The summed E-state index contributed by atoms with van der Waals surface area (Å²) < 4.78 is 0. The van der Waals surface area contributed by atoms with E-state index in [0.717, 1.165) is 5.69 Å². The first kappa shape index (κ1) is 10.5. The van der Waals surface area contributed by atoms with Crippen LogP contribution >= 0.6 is 24.0 Å². The summed E-state index contributed by atoms with van der Waals surface area (Å²) in [6.45, 7) is 0. The summed E-state index contributed by atoms with van der Waals surface area (Å²) in [5.41, 5.74) is 0.947. The van der Waals surface area contributed by atoms with Crippen LogP contribution in [0.1, 0.15) is 5.69 Å². The van der Waals surface area contributed by atoms with Crippen LogP contribution in [0, 0.1) is 0 Å². The molecule has 0 atom stereocenters. The smallest absolute Gasteiger partial charge is 0.0626 e. The van der Waals surface area contributed by atoms with E-state index >= 15 is 0 Å². The van der Waals surface area contributed by atoms with E-state index in [9.17, 15) is 0 Å². The molecule has 3 heteroatoms. The Labute approximate surface area is 77.5 Å². The van der Waals surface area contributed by atoms with E-state index in [0.29, 0.717) is 5.88 Å². The summed E-state index contributed by atoms with van der Waals surface area (Å²) in [6, 6.07) is 5.77. The van der Waals surface area contributed by atoms with Gasteiger partial charge in [-0.05, 0) is 18.2 Å². The molecule has 1 heterocycles. The Morgan fingerprint density at radius 3 is 2.82 bits per heavy atom. The number of halogens is 2. The molecule has 0 N–H and O–H groups in total. The maximum atomic E-state index is 5.44. The van der Waals surface area contributed by atoms with Gasteiger partial charge in [0.15, 0.2) is 0 Å². The monoisotopic (exact) mass is 189 g/mol. The molecule has 0 saturated carbocycles. The van der Waals surface area contributed by atoms with Gasteiger partial charge in [-0.1, -0.05) is 12.1 Å². The molecule has 0 fully saturated rings. The van der Waals surface area contributed by atoms with Crippen LogP contribution < -0.4 is 0 Å². The lowest BCUT2D eigenvalue weighted by atomic mass is 10.3. The first-order valence-electron chi connectivity index (χ1n) is 3.07. The number of aromatic nitrogens is 1. The lowest BCUT2D eigenvalue weighted by Crippen LogP contribution is -1.75. The molecular formula is C8H9Cl2N. The fourth-order valence-electron chi connectivity index (χ4n) is 0.640. The highest BCUT2D eigenvalue weighted by Crippen LogP contribution is 1.95. The molecule has 1 aromatic heterocycles. The Bertz CT molecular complexity index is 209. The third kappa shape index (κ3) is 4.02. The van der Waals surface area contributed by atoms with Gasteiger partial charge in [0.05, 0.1) is 5.69 Å². The van der Waals surface area contributed by atoms with Crippen molar-refractivity contribution in [1.29, 1.82) is 0 Å². The van der Waals surface area contributed by atoms with Crippen LogP contribution in [-0.4, -0.2) is 10.9 Å². The van der Waals surface area contributed by atoms with Gasteiger partial charge >= 0.3 is 0 Å². The molecule has 0 aliphatic heterocycles. The van der Waals surface area contributed by atoms with E-state index in [2.05, 4.69) is 4.98 Å². The minimum Gasteiger partial charge on any atom is -0.257 e. The Kier molecular flexibility index (Phi) is 5.90. The normalized spacial score (nSPS) is 9.55. The second-order valence-electron chi connectivity index (χ2n) is 1.81. The third-order valence-electron chi connectivity index (χ3n) is 1.07. The fraction of sp³-hybridized carbons (Fsp3) is 0.125. The summed E-state index contributed by atoms with van der Waals surface area (Å²) in [5.74, 6) is 0.538. The zero-order valence-electron chi connectivity index (χ0n) is 5.90. The summed E-state index contributed by atoms with van der Waals surface area (Å²) in [6.07, 6.45) is 5.52. The van der Waals surface area contributed by atoms with E-state index in [4.69, 9.17) is 11.6 Å². The van der Waals surface area contributed by atoms with E-state index in [1.165, 1.54) is 0 Å². The number of hydrogen-bond acceptors (Lipinski definition) is 1. The minimum atomic E-state index is 0. The van der Waals surface area contributed by atoms with Crippen molar-refractivity contribution in [2.75, 3.05) is 5.88 Å². The van der Waals surface area contributed by atoms with Crippen LogP contribution in [0.4, 0.5) is 0 Å². The largest absolute Gasteiger partial charge is 0.257 e. The quantitative estimate of drug-likeness (QED) is 0.653. The lowest BCUT2D eigenvalue weighted by molar-refractivity contribution is 1.29. The standard InChI is InChI=1S/C8H8ClN.ClH/c9-6-3-5-8-4-1-2-7-10-8;/h1-5,7H,6H2;1H. The first-order chi connectivity index (χ1) is 4.93. The van der Waals surface area contributed by atoms with E-state index in [-0.39, 0.29) is 12.4 Å². The van der Waals surface area contributed by atoms with Crippen molar-refractivity contribution >= 4 is 30.1 Å². The first-order valence-corrected chi connectivity index (χ1v) is 3.60. The second-order valence-corrected chi connectivity index (χ2v) is 2.12. The van der Waals surface area contributed by atoms with E-state index in [1.807, 2.05) is 30.4 Å². The molecular weight excluding hydrogens is 181 g/mol. The topological polar surface area (TPSA) is 12.9 Å². The van der Waals surface area contributed by atoms with Crippen LogP contribution in [0.15, 0.2) is 30.5 Å². The summed E-state index contributed by atoms with van der Waals surface area (Å²) in [4.78, 5) is 4.07. The molecule has 0 aliphatic rings. The predicted molar refractivity (Wildman–Crippen MR) is 51.2 cm³/mol. The molecule has 0 aliphatic carbocycles. The number of rotatable bonds is 2. The van der Waals surface area contributed by atoms with Gasteiger partial charge in [-0.15, -0.1) is 24.0 Å².